The van der Waals surface area contributed by atoms with E-state index in [9.17, 15) is 14.4 Å². The molecule has 32 heavy (non-hydrogen) atoms. The number of methoxy groups -OCH3 is 1. The number of rotatable bonds is 5. The molecular weight excluding hydrogens is 410 g/mol. The quantitative estimate of drug-likeness (QED) is 0.755. The molecule has 1 aromatic rings. The van der Waals surface area contributed by atoms with E-state index in [1.807, 2.05) is 4.90 Å². The number of nitrogens with zero attached hydrogens (tertiary/aromatic N) is 2. The van der Waals surface area contributed by atoms with Gasteiger partial charge in [0.2, 0.25) is 11.8 Å². The highest BCUT2D eigenvalue weighted by Gasteiger charge is 2.54. The summed E-state index contributed by atoms with van der Waals surface area (Å²) in [7, 11) is 1.58. The Balaban J connectivity index is 1.37. The number of hydrogen-bond acceptors (Lipinski definition) is 5. The van der Waals surface area contributed by atoms with Crippen molar-refractivity contribution in [3.63, 3.8) is 0 Å². The van der Waals surface area contributed by atoms with Crippen molar-refractivity contribution in [2.45, 2.75) is 62.8 Å². The Hall–Kier alpha value is -2.61. The molecule has 172 valence electrons. The Morgan fingerprint density at radius 2 is 1.75 bits per heavy atom. The highest BCUT2D eigenvalue weighted by Crippen LogP contribution is 2.40. The maximum absolute atomic E-state index is 13.7. The molecule has 2 aliphatic carbocycles. The summed E-state index contributed by atoms with van der Waals surface area (Å²) in [5.41, 5.74) is -0.369. The molecule has 3 amide bonds. The highest BCUT2D eigenvalue weighted by molar-refractivity contribution is 5.98. The number of carbonyl (C=O) groups excluding carboxylic acids is 3. The topological polar surface area (TPSA) is 88.2 Å². The van der Waals surface area contributed by atoms with Gasteiger partial charge in [-0.2, -0.15) is 0 Å². The lowest BCUT2D eigenvalue weighted by Gasteiger charge is -2.45. The summed E-state index contributed by atoms with van der Waals surface area (Å²) < 4.78 is 11.4. The molecule has 8 heteroatoms. The minimum Gasteiger partial charge on any atom is -0.497 e. The van der Waals surface area contributed by atoms with E-state index in [2.05, 4.69) is 5.32 Å². The van der Waals surface area contributed by atoms with Crippen LogP contribution < -0.4 is 10.1 Å². The molecule has 2 aliphatic heterocycles. The molecule has 5 rings (SSSR count). The van der Waals surface area contributed by atoms with Crippen LogP contribution in [0.1, 0.15) is 55.3 Å². The first-order valence-electron chi connectivity index (χ1n) is 11.7. The second-order valence-electron chi connectivity index (χ2n) is 9.41. The van der Waals surface area contributed by atoms with Gasteiger partial charge in [-0.25, -0.2) is 0 Å². The van der Waals surface area contributed by atoms with E-state index in [4.69, 9.17) is 9.47 Å². The van der Waals surface area contributed by atoms with Crippen molar-refractivity contribution in [2.24, 2.45) is 5.92 Å². The first kappa shape index (κ1) is 21.2. The molecule has 0 bridgehead atoms. The van der Waals surface area contributed by atoms with Crippen LogP contribution in [0.3, 0.4) is 0 Å². The summed E-state index contributed by atoms with van der Waals surface area (Å²) in [6, 6.07) is 6.47. The summed E-state index contributed by atoms with van der Waals surface area (Å²) in [5, 5.41) is 3.03. The number of ether oxygens (including phenoxy) is 2. The molecule has 1 N–H and O–H groups in total. The largest absolute Gasteiger partial charge is 0.497 e. The summed E-state index contributed by atoms with van der Waals surface area (Å²) in [6.07, 6.45) is 6.07. The second kappa shape index (κ2) is 8.39. The summed E-state index contributed by atoms with van der Waals surface area (Å²) in [6.45, 7) is 1.26. The van der Waals surface area contributed by atoms with Crippen molar-refractivity contribution < 1.29 is 23.9 Å². The van der Waals surface area contributed by atoms with Crippen molar-refractivity contribution in [1.82, 2.24) is 15.1 Å². The van der Waals surface area contributed by atoms with Crippen molar-refractivity contribution >= 4 is 17.7 Å². The fourth-order valence-electron chi connectivity index (χ4n) is 4.95. The van der Waals surface area contributed by atoms with Gasteiger partial charge in [-0.1, -0.05) is 6.42 Å². The zero-order valence-electron chi connectivity index (χ0n) is 18.5. The van der Waals surface area contributed by atoms with E-state index in [1.165, 1.54) is 0 Å². The molecule has 0 radical (unpaired) electrons. The first-order chi connectivity index (χ1) is 15.5. The van der Waals surface area contributed by atoms with Crippen LogP contribution in [0.25, 0.3) is 0 Å². The van der Waals surface area contributed by atoms with Crippen LogP contribution >= 0.6 is 0 Å². The second-order valence-corrected chi connectivity index (χ2v) is 9.41. The van der Waals surface area contributed by atoms with Crippen LogP contribution in [0.15, 0.2) is 24.3 Å². The Bertz CT molecular complexity index is 885. The number of amides is 3. The Morgan fingerprint density at radius 3 is 2.31 bits per heavy atom. The molecule has 4 fully saturated rings. The zero-order chi connectivity index (χ0) is 22.3. The lowest BCUT2D eigenvalue weighted by atomic mass is 9.83. The van der Waals surface area contributed by atoms with Crippen molar-refractivity contribution in [1.29, 1.82) is 0 Å². The van der Waals surface area contributed by atoms with Crippen LogP contribution in [-0.2, 0) is 14.3 Å². The lowest BCUT2D eigenvalue weighted by Crippen LogP contribution is -2.60. The standard InChI is InChI=1S/C24H31N3O5/c1-31-19-9-5-17(6-10-19)23(30)27-20(21(28)25-18-7-8-18)15-32-24(27)11-13-26(14-12-24)22(29)16-3-2-4-16/h5-6,9-10,16,18,20H,2-4,7-8,11-15H2,1H3,(H,25,28)/t20-/m0/s1. The van der Waals surface area contributed by atoms with Crippen molar-refractivity contribution in [3.05, 3.63) is 29.8 Å². The fourth-order valence-corrected chi connectivity index (χ4v) is 4.95. The normalized spacial score (nSPS) is 24.8. The van der Waals surface area contributed by atoms with Crippen molar-refractivity contribution in [3.8, 4) is 5.75 Å². The molecule has 8 nitrogen and oxygen atoms in total. The SMILES string of the molecule is COc1ccc(C(=O)N2[C@H](C(=O)NC3CC3)COC23CCN(C(=O)C2CCC2)CC3)cc1. The third-order valence-corrected chi connectivity index (χ3v) is 7.35. The fraction of sp³-hybridized carbons (Fsp3) is 0.625. The average Bonchev–Trinajstić information content (AvgIpc) is 3.52. The predicted molar refractivity (Wildman–Crippen MR) is 116 cm³/mol. The van der Waals surface area contributed by atoms with E-state index in [0.29, 0.717) is 37.2 Å². The van der Waals surface area contributed by atoms with Crippen LogP contribution in [0, 0.1) is 5.92 Å². The number of hydrogen-bond donors (Lipinski definition) is 1. The van der Waals surface area contributed by atoms with E-state index < -0.39 is 11.8 Å². The zero-order valence-corrected chi connectivity index (χ0v) is 18.5. The maximum Gasteiger partial charge on any atom is 0.256 e. The number of carbonyl (C=O) groups is 3. The van der Waals surface area contributed by atoms with Crippen molar-refractivity contribution in [2.75, 3.05) is 26.8 Å². The third-order valence-electron chi connectivity index (χ3n) is 7.35. The molecule has 4 aliphatic rings. The number of piperidine rings is 1. The summed E-state index contributed by atoms with van der Waals surface area (Å²) >= 11 is 0. The van der Waals surface area contributed by atoms with Crippen LogP contribution in [0.4, 0.5) is 0 Å². The Kier molecular flexibility index (Phi) is 5.57. The highest BCUT2D eigenvalue weighted by atomic mass is 16.5. The average molecular weight is 442 g/mol. The summed E-state index contributed by atoms with van der Waals surface area (Å²) in [4.78, 5) is 42.9. The van der Waals surface area contributed by atoms with Gasteiger partial charge in [0.15, 0.2) is 0 Å². The van der Waals surface area contributed by atoms with E-state index in [1.54, 1.807) is 36.3 Å². The molecule has 0 unspecified atom stereocenters. The Morgan fingerprint density at radius 1 is 1.06 bits per heavy atom. The van der Waals surface area contributed by atoms with Gasteiger partial charge in [-0.15, -0.1) is 0 Å². The molecule has 1 atom stereocenters. The Labute approximate surface area is 188 Å². The van der Waals surface area contributed by atoms with Gasteiger partial charge < -0.3 is 19.7 Å². The molecule has 1 spiro atoms. The number of nitrogens with one attached hydrogen (secondary N) is 1. The van der Waals surface area contributed by atoms with Crippen LogP contribution in [-0.4, -0.2) is 72.1 Å². The summed E-state index contributed by atoms with van der Waals surface area (Å²) in [5.74, 6) is 0.668. The van der Waals surface area contributed by atoms with E-state index in [0.717, 1.165) is 32.1 Å². The third kappa shape index (κ3) is 3.85. The van der Waals surface area contributed by atoms with Crippen LogP contribution in [0.2, 0.25) is 0 Å². The molecular formula is C24H31N3O5. The number of benzene rings is 1. The minimum atomic E-state index is -0.862. The van der Waals surface area contributed by atoms with Gasteiger partial charge in [0, 0.05) is 43.5 Å². The minimum absolute atomic E-state index is 0.154. The lowest BCUT2D eigenvalue weighted by molar-refractivity contribution is -0.149. The molecule has 0 aromatic heterocycles. The van der Waals surface area contributed by atoms with Gasteiger partial charge in [-0.05, 0) is 49.9 Å². The van der Waals surface area contributed by atoms with Gasteiger partial charge in [0.05, 0.1) is 13.7 Å². The van der Waals surface area contributed by atoms with E-state index in [-0.39, 0.29) is 36.3 Å². The van der Waals surface area contributed by atoms with Gasteiger partial charge in [0.1, 0.15) is 17.5 Å². The molecule has 2 saturated carbocycles. The number of likely N-dealkylation sites (tertiary alicyclic amines) is 1. The molecule has 2 heterocycles. The smallest absolute Gasteiger partial charge is 0.256 e. The molecule has 1 aromatic carbocycles. The van der Waals surface area contributed by atoms with Gasteiger partial charge >= 0.3 is 0 Å². The van der Waals surface area contributed by atoms with Crippen LogP contribution in [0.5, 0.6) is 5.75 Å². The molecule has 2 saturated heterocycles. The van der Waals surface area contributed by atoms with Gasteiger partial charge in [-0.3, -0.25) is 19.3 Å². The predicted octanol–water partition coefficient (Wildman–Crippen LogP) is 1.93. The first-order valence-corrected chi connectivity index (χ1v) is 11.7. The monoisotopic (exact) mass is 441 g/mol. The van der Waals surface area contributed by atoms with Gasteiger partial charge in [0.25, 0.3) is 5.91 Å². The van der Waals surface area contributed by atoms with E-state index >= 15 is 0 Å². The maximum atomic E-state index is 13.7.